The number of hydrogen-bond donors (Lipinski definition) is 3. The van der Waals surface area contributed by atoms with Crippen molar-refractivity contribution in [3.05, 3.63) is 10.4 Å². The molecule has 0 bridgehead atoms. The minimum absolute atomic E-state index is 0.672. The minimum atomic E-state index is -1.39. The normalized spacial score (nSPS) is 45.4. The molecule has 0 aliphatic carbocycles. The smallest absolute Gasteiger partial charge is 0.165 e. The zero-order valence-corrected chi connectivity index (χ0v) is 6.98. The molecule has 1 heterocycles. The van der Waals surface area contributed by atoms with Gasteiger partial charge in [0.2, 0.25) is 0 Å². The molecule has 0 aromatic heterocycles. The first kappa shape index (κ1) is 10.2. The molecule has 7 nitrogen and oxygen atoms in total. The monoisotopic (exact) mass is 189 g/mol. The van der Waals surface area contributed by atoms with Crippen molar-refractivity contribution in [2.75, 3.05) is 0 Å². The quantitative estimate of drug-likeness (QED) is 0.282. The van der Waals surface area contributed by atoms with Gasteiger partial charge in [0.15, 0.2) is 6.23 Å². The van der Waals surface area contributed by atoms with Crippen molar-refractivity contribution in [3.63, 3.8) is 0 Å². The molecule has 0 saturated carbocycles. The molecule has 1 fully saturated rings. The molecule has 5 atom stereocenters. The first-order valence-electron chi connectivity index (χ1n) is 3.81. The SMILES string of the molecule is C[C@@H]1O[C@@H](N=[N+]=[N-])[C@@H](O)[C@H](O)[C@@H]1O. The Morgan fingerprint density at radius 3 is 2.38 bits per heavy atom. The molecule has 0 spiro atoms. The number of aliphatic hydroxyl groups is 3. The fraction of sp³-hybridized carbons (Fsp3) is 1.00. The summed E-state index contributed by atoms with van der Waals surface area (Å²) in [7, 11) is 0. The van der Waals surface area contributed by atoms with Gasteiger partial charge in [-0.1, -0.05) is 5.11 Å². The Morgan fingerprint density at radius 2 is 1.85 bits per heavy atom. The van der Waals surface area contributed by atoms with Gasteiger partial charge in [-0.05, 0) is 12.5 Å². The zero-order valence-electron chi connectivity index (χ0n) is 6.98. The van der Waals surface area contributed by atoms with Gasteiger partial charge in [-0.3, -0.25) is 0 Å². The van der Waals surface area contributed by atoms with Crippen LogP contribution in [0.25, 0.3) is 10.4 Å². The number of nitrogens with zero attached hydrogens (tertiary/aromatic N) is 3. The molecule has 3 N–H and O–H groups in total. The Hall–Kier alpha value is -0.850. The Balaban J connectivity index is 2.75. The minimum Gasteiger partial charge on any atom is -0.388 e. The number of hydrogen-bond acceptors (Lipinski definition) is 5. The maximum absolute atomic E-state index is 9.26. The fourth-order valence-corrected chi connectivity index (χ4v) is 1.18. The highest BCUT2D eigenvalue weighted by Gasteiger charge is 2.41. The summed E-state index contributed by atoms with van der Waals surface area (Å²) in [5, 5.41) is 30.9. The van der Waals surface area contributed by atoms with Gasteiger partial charge in [-0.2, -0.15) is 0 Å². The number of azide groups is 1. The molecule has 1 aliphatic rings. The fourth-order valence-electron chi connectivity index (χ4n) is 1.18. The van der Waals surface area contributed by atoms with Crippen LogP contribution in [0.5, 0.6) is 0 Å². The lowest BCUT2D eigenvalue weighted by molar-refractivity contribution is -0.214. The van der Waals surface area contributed by atoms with Gasteiger partial charge in [-0.15, -0.1) is 0 Å². The second kappa shape index (κ2) is 3.91. The van der Waals surface area contributed by atoms with E-state index in [0.29, 0.717) is 0 Å². The Kier molecular flexibility index (Phi) is 3.07. The lowest BCUT2D eigenvalue weighted by atomic mass is 9.99. The average molecular weight is 189 g/mol. The van der Waals surface area contributed by atoms with E-state index in [1.54, 1.807) is 0 Å². The number of ether oxygens (including phenoxy) is 1. The predicted molar refractivity (Wildman–Crippen MR) is 41.5 cm³/mol. The molecular weight excluding hydrogens is 178 g/mol. The van der Waals surface area contributed by atoms with Crippen molar-refractivity contribution < 1.29 is 20.1 Å². The maximum atomic E-state index is 9.26. The van der Waals surface area contributed by atoms with Crippen LogP contribution in [0, 0.1) is 0 Å². The first-order chi connectivity index (χ1) is 6.07. The summed E-state index contributed by atoms with van der Waals surface area (Å²) in [5.74, 6) is 0. The van der Waals surface area contributed by atoms with E-state index < -0.39 is 30.6 Å². The van der Waals surface area contributed by atoms with E-state index in [0.717, 1.165) is 0 Å². The molecule has 74 valence electrons. The molecule has 1 aliphatic heterocycles. The standard InChI is InChI=1S/C6H11N3O4/c1-2-3(10)4(11)5(12)6(13-2)8-9-7/h2-6,10-12H,1H3/t2-,3+,4+,5-,6+/m0/s1. The van der Waals surface area contributed by atoms with E-state index in [4.69, 9.17) is 10.3 Å². The van der Waals surface area contributed by atoms with Gasteiger partial charge in [0.1, 0.15) is 18.3 Å². The second-order valence-corrected chi connectivity index (χ2v) is 2.91. The second-order valence-electron chi connectivity index (χ2n) is 2.91. The Bertz CT molecular complexity index is 230. The molecule has 0 aromatic carbocycles. The van der Waals surface area contributed by atoms with E-state index in [9.17, 15) is 15.3 Å². The summed E-state index contributed by atoms with van der Waals surface area (Å²) in [5.41, 5.74) is 8.10. The van der Waals surface area contributed by atoms with E-state index in [1.807, 2.05) is 0 Å². The van der Waals surface area contributed by atoms with Crippen molar-refractivity contribution >= 4 is 0 Å². The number of aliphatic hydroxyl groups excluding tert-OH is 3. The van der Waals surface area contributed by atoms with Crippen LogP contribution in [-0.4, -0.2) is 46.0 Å². The maximum Gasteiger partial charge on any atom is 0.165 e. The van der Waals surface area contributed by atoms with Gasteiger partial charge in [0.25, 0.3) is 0 Å². The predicted octanol–water partition coefficient (Wildman–Crippen LogP) is -0.876. The van der Waals surface area contributed by atoms with Crippen LogP contribution < -0.4 is 0 Å². The van der Waals surface area contributed by atoms with Crippen LogP contribution in [-0.2, 0) is 4.74 Å². The van der Waals surface area contributed by atoms with Crippen LogP contribution in [0.3, 0.4) is 0 Å². The van der Waals surface area contributed by atoms with Crippen LogP contribution in [0.4, 0.5) is 0 Å². The first-order valence-corrected chi connectivity index (χ1v) is 3.81. The third-order valence-corrected chi connectivity index (χ3v) is 1.99. The zero-order chi connectivity index (χ0) is 10.0. The van der Waals surface area contributed by atoms with Crippen LogP contribution in [0.15, 0.2) is 5.11 Å². The topological polar surface area (TPSA) is 119 Å². The summed E-state index contributed by atoms with van der Waals surface area (Å²) < 4.78 is 4.94. The van der Waals surface area contributed by atoms with E-state index >= 15 is 0 Å². The largest absolute Gasteiger partial charge is 0.388 e. The van der Waals surface area contributed by atoms with Crippen molar-refractivity contribution in [2.24, 2.45) is 5.11 Å². The molecule has 0 unspecified atom stereocenters. The summed E-state index contributed by atoms with van der Waals surface area (Å²) in [6.07, 6.45) is -5.71. The number of rotatable bonds is 1. The third kappa shape index (κ3) is 1.90. The third-order valence-electron chi connectivity index (χ3n) is 1.99. The molecule has 0 aromatic rings. The highest BCUT2D eigenvalue weighted by Crippen LogP contribution is 2.21. The van der Waals surface area contributed by atoms with Crippen molar-refractivity contribution in [3.8, 4) is 0 Å². The van der Waals surface area contributed by atoms with Crippen LogP contribution in [0.2, 0.25) is 0 Å². The molecule has 1 rings (SSSR count). The molecule has 13 heavy (non-hydrogen) atoms. The summed E-state index contributed by atoms with van der Waals surface area (Å²) >= 11 is 0. The summed E-state index contributed by atoms with van der Waals surface area (Å²) in [6.45, 7) is 1.51. The lowest BCUT2D eigenvalue weighted by Gasteiger charge is -2.37. The van der Waals surface area contributed by atoms with E-state index in [2.05, 4.69) is 10.0 Å². The highest BCUT2D eigenvalue weighted by molar-refractivity contribution is 4.89. The highest BCUT2D eigenvalue weighted by atomic mass is 16.5. The molecule has 1 saturated heterocycles. The average Bonchev–Trinajstić information content (AvgIpc) is 2.11. The van der Waals surface area contributed by atoms with Crippen molar-refractivity contribution in [1.82, 2.24) is 0 Å². The van der Waals surface area contributed by atoms with Crippen LogP contribution in [0.1, 0.15) is 6.92 Å². The Morgan fingerprint density at radius 1 is 1.23 bits per heavy atom. The van der Waals surface area contributed by atoms with Gasteiger partial charge in [-0.25, -0.2) is 0 Å². The van der Waals surface area contributed by atoms with Gasteiger partial charge in [0, 0.05) is 4.91 Å². The molecule has 7 heteroatoms. The van der Waals surface area contributed by atoms with Crippen LogP contribution >= 0.6 is 0 Å². The summed E-state index contributed by atoms with van der Waals surface area (Å²) in [4.78, 5) is 2.45. The molecule has 0 radical (unpaired) electrons. The van der Waals surface area contributed by atoms with Gasteiger partial charge < -0.3 is 20.1 Å². The van der Waals surface area contributed by atoms with E-state index in [-0.39, 0.29) is 0 Å². The van der Waals surface area contributed by atoms with Crippen molar-refractivity contribution in [2.45, 2.75) is 37.6 Å². The summed E-state index contributed by atoms with van der Waals surface area (Å²) in [6, 6.07) is 0. The Labute approximate surface area is 74.2 Å². The molecule has 0 amide bonds. The molecular formula is C6H11N3O4. The van der Waals surface area contributed by atoms with E-state index in [1.165, 1.54) is 6.92 Å². The van der Waals surface area contributed by atoms with Gasteiger partial charge >= 0.3 is 0 Å². The lowest BCUT2D eigenvalue weighted by Crippen LogP contribution is -2.55. The van der Waals surface area contributed by atoms with Crippen molar-refractivity contribution in [1.29, 1.82) is 0 Å². The van der Waals surface area contributed by atoms with Gasteiger partial charge in [0.05, 0.1) is 6.10 Å².